The number of hydrogen-bond donors (Lipinski definition) is 2. The van der Waals surface area contributed by atoms with Crippen LogP contribution in [0, 0.1) is 0 Å². The van der Waals surface area contributed by atoms with Gasteiger partial charge in [0.15, 0.2) is 0 Å². The monoisotopic (exact) mass is 226 g/mol. The number of hydrogen-bond acceptors (Lipinski definition) is 3. The average molecular weight is 226 g/mol. The van der Waals surface area contributed by atoms with Crippen molar-refractivity contribution in [1.82, 2.24) is 10.6 Å². The summed E-state index contributed by atoms with van der Waals surface area (Å²) < 4.78 is 5.48. The van der Waals surface area contributed by atoms with E-state index in [1.165, 1.54) is 12.8 Å². The number of carbonyl (C=O) groups is 2. The van der Waals surface area contributed by atoms with Crippen LogP contribution in [0.4, 0.5) is 0 Å². The molecule has 2 fully saturated rings. The third-order valence-corrected chi connectivity index (χ3v) is 3.09. The second-order valence-corrected chi connectivity index (χ2v) is 4.49. The van der Waals surface area contributed by atoms with Gasteiger partial charge in [0.25, 0.3) is 0 Å². The van der Waals surface area contributed by atoms with Crippen molar-refractivity contribution in [3.8, 4) is 0 Å². The van der Waals surface area contributed by atoms with E-state index in [2.05, 4.69) is 10.6 Å². The van der Waals surface area contributed by atoms with Gasteiger partial charge in [-0.05, 0) is 12.8 Å². The van der Waals surface area contributed by atoms with Crippen LogP contribution < -0.4 is 10.6 Å². The zero-order valence-corrected chi connectivity index (χ0v) is 9.33. The minimum absolute atomic E-state index is 0.00186. The molecule has 0 spiro atoms. The highest BCUT2D eigenvalue weighted by molar-refractivity contribution is 5.82. The lowest BCUT2D eigenvalue weighted by molar-refractivity contribution is -0.128. The molecular formula is C11H18N2O3. The minimum atomic E-state index is -0.117. The van der Waals surface area contributed by atoms with Crippen LogP contribution in [0.1, 0.15) is 32.1 Å². The van der Waals surface area contributed by atoms with E-state index >= 15 is 0 Å². The van der Waals surface area contributed by atoms with Gasteiger partial charge in [-0.1, -0.05) is 12.8 Å². The molecule has 1 saturated heterocycles. The Balaban J connectivity index is 1.62. The second kappa shape index (κ2) is 5.30. The number of rotatable bonds is 4. The van der Waals surface area contributed by atoms with Crippen LogP contribution in [0.3, 0.4) is 0 Å². The van der Waals surface area contributed by atoms with Crippen molar-refractivity contribution in [2.75, 3.05) is 13.2 Å². The van der Waals surface area contributed by atoms with Crippen LogP contribution in [0.5, 0.6) is 0 Å². The van der Waals surface area contributed by atoms with Gasteiger partial charge in [0.05, 0.1) is 12.1 Å². The maximum atomic E-state index is 11.5. The molecule has 0 aromatic carbocycles. The molecule has 5 nitrogen and oxygen atoms in total. The lowest BCUT2D eigenvalue weighted by Crippen LogP contribution is -2.39. The summed E-state index contributed by atoms with van der Waals surface area (Å²) >= 11 is 0. The summed E-state index contributed by atoms with van der Waals surface area (Å²) in [5.41, 5.74) is 0. The summed E-state index contributed by atoms with van der Waals surface area (Å²) in [6.07, 6.45) is 5.18. The SMILES string of the molecule is O=C1CC(NC(=O)COC2CCCC2)CN1. The van der Waals surface area contributed by atoms with E-state index in [9.17, 15) is 9.59 Å². The zero-order valence-electron chi connectivity index (χ0n) is 9.33. The van der Waals surface area contributed by atoms with Crippen LogP contribution in [-0.4, -0.2) is 37.1 Å². The Morgan fingerprint density at radius 3 is 2.81 bits per heavy atom. The topological polar surface area (TPSA) is 67.4 Å². The van der Waals surface area contributed by atoms with Crippen molar-refractivity contribution in [2.45, 2.75) is 44.2 Å². The van der Waals surface area contributed by atoms with Crippen molar-refractivity contribution >= 4 is 11.8 Å². The second-order valence-electron chi connectivity index (χ2n) is 4.49. The fourth-order valence-corrected chi connectivity index (χ4v) is 2.23. The molecule has 1 aliphatic carbocycles. The van der Waals surface area contributed by atoms with E-state index in [1.54, 1.807) is 0 Å². The Morgan fingerprint density at radius 1 is 1.44 bits per heavy atom. The number of carbonyl (C=O) groups excluding carboxylic acids is 2. The molecule has 1 unspecified atom stereocenters. The summed E-state index contributed by atoms with van der Waals surface area (Å²) in [5, 5.41) is 5.46. The van der Waals surface area contributed by atoms with Gasteiger partial charge in [0.2, 0.25) is 11.8 Å². The Kier molecular flexibility index (Phi) is 3.77. The quantitative estimate of drug-likeness (QED) is 0.706. The van der Waals surface area contributed by atoms with Gasteiger partial charge in [-0.15, -0.1) is 0 Å². The molecule has 1 atom stereocenters. The van der Waals surface area contributed by atoms with Crippen LogP contribution in [0.2, 0.25) is 0 Å². The van der Waals surface area contributed by atoms with E-state index in [0.29, 0.717) is 13.0 Å². The summed E-state index contributed by atoms with van der Waals surface area (Å²) in [6, 6.07) is -0.0628. The van der Waals surface area contributed by atoms with Crippen LogP contribution >= 0.6 is 0 Å². The van der Waals surface area contributed by atoms with Crippen molar-refractivity contribution in [1.29, 1.82) is 0 Å². The first-order chi connectivity index (χ1) is 7.74. The first kappa shape index (κ1) is 11.4. The molecule has 1 heterocycles. The molecule has 2 amide bonds. The summed E-state index contributed by atoms with van der Waals surface area (Å²) in [4.78, 5) is 22.4. The first-order valence-corrected chi connectivity index (χ1v) is 5.91. The molecule has 2 rings (SSSR count). The molecule has 0 bridgehead atoms. The Labute approximate surface area is 94.9 Å². The van der Waals surface area contributed by atoms with Crippen molar-refractivity contribution in [2.24, 2.45) is 0 Å². The number of ether oxygens (including phenoxy) is 1. The van der Waals surface area contributed by atoms with Crippen LogP contribution in [0.25, 0.3) is 0 Å². The van der Waals surface area contributed by atoms with Gasteiger partial charge < -0.3 is 15.4 Å². The summed E-state index contributed by atoms with van der Waals surface area (Å²) in [5.74, 6) is -0.115. The fraction of sp³-hybridized carbons (Fsp3) is 0.818. The van der Waals surface area contributed by atoms with Gasteiger partial charge >= 0.3 is 0 Å². The van der Waals surface area contributed by atoms with E-state index < -0.39 is 0 Å². The standard InChI is InChI=1S/C11H18N2O3/c14-10-5-8(6-12-10)13-11(15)7-16-9-3-1-2-4-9/h8-9H,1-7H2,(H,12,14)(H,13,15). The smallest absolute Gasteiger partial charge is 0.246 e. The maximum Gasteiger partial charge on any atom is 0.246 e. The van der Waals surface area contributed by atoms with Crippen LogP contribution in [0.15, 0.2) is 0 Å². The highest BCUT2D eigenvalue weighted by Gasteiger charge is 2.23. The van der Waals surface area contributed by atoms with Gasteiger partial charge in [0.1, 0.15) is 6.61 Å². The van der Waals surface area contributed by atoms with Crippen molar-refractivity contribution in [3.05, 3.63) is 0 Å². The lowest BCUT2D eigenvalue weighted by atomic mass is 10.2. The molecule has 1 saturated carbocycles. The van der Waals surface area contributed by atoms with Crippen molar-refractivity contribution in [3.63, 3.8) is 0 Å². The molecule has 2 N–H and O–H groups in total. The third kappa shape index (κ3) is 3.20. The van der Waals surface area contributed by atoms with E-state index in [1.807, 2.05) is 0 Å². The summed E-state index contributed by atoms with van der Waals surface area (Å²) in [7, 11) is 0. The Morgan fingerprint density at radius 2 is 2.19 bits per heavy atom. The highest BCUT2D eigenvalue weighted by atomic mass is 16.5. The normalized spacial score (nSPS) is 25.8. The minimum Gasteiger partial charge on any atom is -0.368 e. The highest BCUT2D eigenvalue weighted by Crippen LogP contribution is 2.20. The third-order valence-electron chi connectivity index (χ3n) is 3.09. The summed E-state index contributed by atoms with van der Waals surface area (Å²) in [6.45, 7) is 0.656. The van der Waals surface area contributed by atoms with Gasteiger partial charge in [0, 0.05) is 13.0 Å². The molecular weight excluding hydrogens is 208 g/mol. The largest absolute Gasteiger partial charge is 0.368 e. The lowest BCUT2D eigenvalue weighted by Gasteiger charge is -2.13. The fourth-order valence-electron chi connectivity index (χ4n) is 2.23. The van der Waals surface area contributed by atoms with Gasteiger partial charge in [-0.25, -0.2) is 0 Å². The predicted molar refractivity (Wildman–Crippen MR) is 57.8 cm³/mol. The number of nitrogens with one attached hydrogen (secondary N) is 2. The van der Waals surface area contributed by atoms with Crippen molar-refractivity contribution < 1.29 is 14.3 Å². The van der Waals surface area contributed by atoms with Crippen LogP contribution in [-0.2, 0) is 14.3 Å². The molecule has 5 heteroatoms. The van der Waals surface area contributed by atoms with E-state index in [4.69, 9.17) is 4.74 Å². The van der Waals surface area contributed by atoms with Gasteiger partial charge in [-0.2, -0.15) is 0 Å². The molecule has 0 aromatic heterocycles. The number of amides is 2. The molecule has 2 aliphatic rings. The van der Waals surface area contributed by atoms with E-state index in [0.717, 1.165) is 12.8 Å². The average Bonchev–Trinajstić information content (AvgIpc) is 2.87. The zero-order chi connectivity index (χ0) is 11.4. The Bertz CT molecular complexity index is 274. The van der Waals surface area contributed by atoms with Gasteiger partial charge in [-0.3, -0.25) is 9.59 Å². The predicted octanol–water partition coefficient (Wildman–Crippen LogP) is -0.0497. The molecule has 0 radical (unpaired) electrons. The molecule has 1 aliphatic heterocycles. The molecule has 0 aromatic rings. The molecule has 90 valence electrons. The first-order valence-electron chi connectivity index (χ1n) is 5.91. The maximum absolute atomic E-state index is 11.5. The Hall–Kier alpha value is -1.10. The molecule has 16 heavy (non-hydrogen) atoms. The van der Waals surface area contributed by atoms with E-state index in [-0.39, 0.29) is 30.6 Å².